The van der Waals surface area contributed by atoms with Gasteiger partial charge in [-0.05, 0) is 33.0 Å². The number of hydrogen-bond donors (Lipinski definition) is 1. The molecule has 2 aromatic rings. The Balaban J connectivity index is 1.49. The fourth-order valence-corrected chi connectivity index (χ4v) is 4.00. The first-order valence-corrected chi connectivity index (χ1v) is 10.6. The lowest BCUT2D eigenvalue weighted by Crippen LogP contribution is -2.40. The van der Waals surface area contributed by atoms with Crippen LogP contribution in [-0.2, 0) is 13.1 Å². The van der Waals surface area contributed by atoms with E-state index in [4.69, 9.17) is 9.15 Å². The molecule has 1 aromatic heterocycles. The minimum atomic E-state index is -0.505. The largest absolute Gasteiger partial charge is 0.491 e. The first-order chi connectivity index (χ1) is 14.0. The van der Waals surface area contributed by atoms with Crippen molar-refractivity contribution in [3.8, 4) is 5.75 Å². The van der Waals surface area contributed by atoms with Crippen molar-refractivity contribution in [2.24, 2.45) is 0 Å². The van der Waals surface area contributed by atoms with Crippen molar-refractivity contribution in [2.45, 2.75) is 64.3 Å². The maximum Gasteiger partial charge on any atom is 0.230 e. The van der Waals surface area contributed by atoms with E-state index < -0.39 is 6.10 Å². The molecule has 1 N–H and O–H groups in total. The lowest BCUT2D eigenvalue weighted by Gasteiger charge is -2.32. The standard InChI is InChI=1S/C22H34N4O3/c1-17-23-24-22(29-17)15-25(2)13-18-9-7-8-12-21(18)28-16-20(27)14-26(3)19-10-5-4-6-11-19/h7-9,12,19-20,27H,4-6,10-11,13-16H2,1-3H3/t20-/m0/s1. The maximum atomic E-state index is 10.5. The van der Waals surface area contributed by atoms with Gasteiger partial charge in [0.2, 0.25) is 11.8 Å². The van der Waals surface area contributed by atoms with Crippen LogP contribution in [-0.4, -0.2) is 64.5 Å². The second kappa shape index (κ2) is 10.7. The number of rotatable bonds is 10. The van der Waals surface area contributed by atoms with Crippen LogP contribution in [0.3, 0.4) is 0 Å². The van der Waals surface area contributed by atoms with Gasteiger partial charge in [-0.1, -0.05) is 37.5 Å². The average Bonchev–Trinajstić information content (AvgIpc) is 3.12. The van der Waals surface area contributed by atoms with Gasteiger partial charge in [0.05, 0.1) is 6.54 Å². The molecule has 1 aliphatic carbocycles. The Morgan fingerprint density at radius 3 is 2.62 bits per heavy atom. The van der Waals surface area contributed by atoms with Crippen LogP contribution in [0, 0.1) is 6.92 Å². The van der Waals surface area contributed by atoms with Gasteiger partial charge in [0.25, 0.3) is 0 Å². The van der Waals surface area contributed by atoms with Crippen LogP contribution >= 0.6 is 0 Å². The summed E-state index contributed by atoms with van der Waals surface area (Å²) in [5, 5.41) is 18.4. The highest BCUT2D eigenvalue weighted by atomic mass is 16.5. The molecule has 7 heteroatoms. The van der Waals surface area contributed by atoms with E-state index in [9.17, 15) is 5.11 Å². The van der Waals surface area contributed by atoms with E-state index in [-0.39, 0.29) is 0 Å². The fourth-order valence-electron chi connectivity index (χ4n) is 4.00. The van der Waals surface area contributed by atoms with Crippen molar-refractivity contribution in [1.29, 1.82) is 0 Å². The van der Waals surface area contributed by atoms with Gasteiger partial charge in [0.15, 0.2) is 0 Å². The SMILES string of the molecule is Cc1nnc(CN(C)Cc2ccccc2OC[C@@H](O)CN(C)C2CCCCC2)o1. The highest BCUT2D eigenvalue weighted by molar-refractivity contribution is 5.33. The minimum absolute atomic E-state index is 0.292. The summed E-state index contributed by atoms with van der Waals surface area (Å²) in [7, 11) is 4.12. The number of aromatic nitrogens is 2. The molecule has 1 fully saturated rings. The zero-order valence-electron chi connectivity index (χ0n) is 17.9. The molecule has 0 spiro atoms. The lowest BCUT2D eigenvalue weighted by atomic mass is 9.94. The van der Waals surface area contributed by atoms with Crippen molar-refractivity contribution < 1.29 is 14.3 Å². The van der Waals surface area contributed by atoms with Crippen molar-refractivity contribution >= 4 is 0 Å². The number of ether oxygens (including phenoxy) is 1. The van der Waals surface area contributed by atoms with Crippen LogP contribution in [0.5, 0.6) is 5.75 Å². The molecular formula is C22H34N4O3. The minimum Gasteiger partial charge on any atom is -0.491 e. The van der Waals surface area contributed by atoms with E-state index in [2.05, 4.69) is 27.0 Å². The number of benzene rings is 1. The molecule has 160 valence electrons. The molecule has 0 saturated heterocycles. The molecular weight excluding hydrogens is 368 g/mol. The molecule has 3 rings (SSSR count). The first-order valence-electron chi connectivity index (χ1n) is 10.6. The summed E-state index contributed by atoms with van der Waals surface area (Å²) in [6, 6.07) is 8.55. The molecule has 0 radical (unpaired) electrons. The van der Waals surface area contributed by atoms with Crippen molar-refractivity contribution in [1.82, 2.24) is 20.0 Å². The third-order valence-corrected chi connectivity index (χ3v) is 5.51. The van der Waals surface area contributed by atoms with E-state index in [1.54, 1.807) is 6.92 Å². The van der Waals surface area contributed by atoms with Gasteiger partial charge in [-0.2, -0.15) is 0 Å². The fraction of sp³-hybridized carbons (Fsp3) is 0.636. The second-order valence-corrected chi connectivity index (χ2v) is 8.19. The predicted molar refractivity (Wildman–Crippen MR) is 112 cm³/mol. The number of aliphatic hydroxyl groups is 1. The van der Waals surface area contributed by atoms with Gasteiger partial charge in [-0.3, -0.25) is 4.90 Å². The van der Waals surface area contributed by atoms with E-state index in [0.717, 1.165) is 11.3 Å². The van der Waals surface area contributed by atoms with Gasteiger partial charge in [0.1, 0.15) is 18.5 Å². The topological polar surface area (TPSA) is 74.9 Å². The van der Waals surface area contributed by atoms with Crippen molar-refractivity contribution in [3.63, 3.8) is 0 Å². The Kier molecular flexibility index (Phi) is 8.03. The van der Waals surface area contributed by atoms with Gasteiger partial charge >= 0.3 is 0 Å². The number of hydrogen-bond acceptors (Lipinski definition) is 7. The molecule has 1 atom stereocenters. The maximum absolute atomic E-state index is 10.5. The molecule has 1 heterocycles. The van der Waals surface area contributed by atoms with E-state index in [0.29, 0.717) is 44.1 Å². The molecule has 0 aliphatic heterocycles. The molecule has 29 heavy (non-hydrogen) atoms. The molecule has 1 saturated carbocycles. The third-order valence-electron chi connectivity index (χ3n) is 5.51. The highest BCUT2D eigenvalue weighted by Crippen LogP contribution is 2.23. The molecule has 7 nitrogen and oxygen atoms in total. The predicted octanol–water partition coefficient (Wildman–Crippen LogP) is 3.01. The second-order valence-electron chi connectivity index (χ2n) is 8.19. The number of likely N-dealkylation sites (N-methyl/N-ethyl adjacent to an activating group) is 1. The van der Waals surface area contributed by atoms with Gasteiger partial charge in [0, 0.05) is 31.6 Å². The average molecular weight is 403 g/mol. The number of nitrogens with zero attached hydrogens (tertiary/aromatic N) is 4. The third kappa shape index (κ3) is 6.80. The van der Waals surface area contributed by atoms with Crippen LogP contribution in [0.2, 0.25) is 0 Å². The summed E-state index contributed by atoms with van der Waals surface area (Å²) in [4.78, 5) is 4.39. The summed E-state index contributed by atoms with van der Waals surface area (Å²) in [5.41, 5.74) is 1.07. The highest BCUT2D eigenvalue weighted by Gasteiger charge is 2.20. The van der Waals surface area contributed by atoms with Crippen LogP contribution in [0.15, 0.2) is 28.7 Å². The van der Waals surface area contributed by atoms with E-state index in [1.165, 1.54) is 32.1 Å². The Morgan fingerprint density at radius 1 is 1.14 bits per heavy atom. The quantitative estimate of drug-likeness (QED) is 0.655. The summed E-state index contributed by atoms with van der Waals surface area (Å²) in [6.45, 7) is 3.99. The Morgan fingerprint density at radius 2 is 1.90 bits per heavy atom. The van der Waals surface area contributed by atoms with Crippen LogP contribution < -0.4 is 4.74 Å². The Labute approximate surface area is 173 Å². The Bertz CT molecular complexity index is 745. The van der Waals surface area contributed by atoms with Crippen molar-refractivity contribution in [3.05, 3.63) is 41.6 Å². The summed E-state index contributed by atoms with van der Waals surface area (Å²) < 4.78 is 11.4. The summed E-state index contributed by atoms with van der Waals surface area (Å²) >= 11 is 0. The van der Waals surface area contributed by atoms with Gasteiger partial charge in [-0.25, -0.2) is 0 Å². The van der Waals surface area contributed by atoms with E-state index in [1.807, 2.05) is 31.3 Å². The number of para-hydroxylation sites is 1. The zero-order chi connectivity index (χ0) is 20.6. The molecule has 1 aromatic carbocycles. The monoisotopic (exact) mass is 402 g/mol. The number of aliphatic hydroxyl groups excluding tert-OH is 1. The van der Waals surface area contributed by atoms with Crippen LogP contribution in [0.25, 0.3) is 0 Å². The molecule has 0 unspecified atom stereocenters. The lowest BCUT2D eigenvalue weighted by molar-refractivity contribution is 0.0556. The summed E-state index contributed by atoms with van der Waals surface area (Å²) in [6.07, 6.45) is 5.90. The van der Waals surface area contributed by atoms with Crippen molar-refractivity contribution in [2.75, 3.05) is 27.2 Å². The molecule has 0 bridgehead atoms. The van der Waals surface area contributed by atoms with Crippen LogP contribution in [0.4, 0.5) is 0 Å². The Hall–Kier alpha value is -1.96. The first kappa shape index (κ1) is 21.7. The molecule has 0 amide bonds. The number of aryl methyl sites for hydroxylation is 1. The molecule has 1 aliphatic rings. The van der Waals surface area contributed by atoms with E-state index >= 15 is 0 Å². The normalized spacial score (nSPS) is 16.5. The van der Waals surface area contributed by atoms with Gasteiger partial charge in [-0.15, -0.1) is 10.2 Å². The zero-order valence-corrected chi connectivity index (χ0v) is 17.9. The summed E-state index contributed by atoms with van der Waals surface area (Å²) in [5.74, 6) is 1.98. The van der Waals surface area contributed by atoms with Crippen LogP contribution in [0.1, 0.15) is 49.4 Å². The van der Waals surface area contributed by atoms with Gasteiger partial charge < -0.3 is 19.2 Å². The smallest absolute Gasteiger partial charge is 0.230 e.